The Labute approximate surface area is 157 Å². The van der Waals surface area contributed by atoms with Crippen LogP contribution in [0, 0.1) is 0 Å². The molecule has 0 bridgehead atoms. The summed E-state index contributed by atoms with van der Waals surface area (Å²) in [5.74, 6) is -0.00887. The highest BCUT2D eigenvalue weighted by molar-refractivity contribution is 6.30. The number of carbonyl (C=O) groups is 1. The van der Waals surface area contributed by atoms with E-state index in [4.69, 9.17) is 11.6 Å². The van der Waals surface area contributed by atoms with Gasteiger partial charge in [-0.2, -0.15) is 5.10 Å². The van der Waals surface area contributed by atoms with Crippen LogP contribution in [0.4, 0.5) is 5.69 Å². The predicted octanol–water partition coefficient (Wildman–Crippen LogP) is 3.69. The van der Waals surface area contributed by atoms with E-state index in [-0.39, 0.29) is 5.91 Å². The van der Waals surface area contributed by atoms with Crippen molar-refractivity contribution in [2.24, 2.45) is 0 Å². The zero-order chi connectivity index (χ0) is 17.9. The first kappa shape index (κ1) is 16.7. The van der Waals surface area contributed by atoms with E-state index < -0.39 is 0 Å². The summed E-state index contributed by atoms with van der Waals surface area (Å²) in [6.07, 6.45) is 0. The molecule has 0 unspecified atom stereocenters. The summed E-state index contributed by atoms with van der Waals surface area (Å²) >= 11 is 5.92. The minimum atomic E-state index is -0.00887. The lowest BCUT2D eigenvalue weighted by Gasteiger charge is -2.35. The number of benzene rings is 2. The van der Waals surface area contributed by atoms with Gasteiger partial charge in [-0.25, -0.2) is 0 Å². The summed E-state index contributed by atoms with van der Waals surface area (Å²) in [6, 6.07) is 19.5. The molecule has 5 nitrogen and oxygen atoms in total. The van der Waals surface area contributed by atoms with Crippen LogP contribution < -0.4 is 4.90 Å². The fourth-order valence-electron chi connectivity index (χ4n) is 3.18. The average molecular weight is 367 g/mol. The van der Waals surface area contributed by atoms with Gasteiger partial charge in [0.1, 0.15) is 5.69 Å². The highest BCUT2D eigenvalue weighted by atomic mass is 35.5. The van der Waals surface area contributed by atoms with Crippen molar-refractivity contribution in [2.45, 2.75) is 0 Å². The number of nitrogens with one attached hydrogen (secondary N) is 1. The van der Waals surface area contributed by atoms with Gasteiger partial charge < -0.3 is 9.80 Å². The molecule has 132 valence electrons. The summed E-state index contributed by atoms with van der Waals surface area (Å²) in [5.41, 5.74) is 3.39. The molecule has 1 aliphatic heterocycles. The molecule has 1 fully saturated rings. The van der Waals surface area contributed by atoms with Gasteiger partial charge in [0.05, 0.1) is 5.69 Å². The van der Waals surface area contributed by atoms with Crippen LogP contribution in [0.3, 0.4) is 0 Å². The number of rotatable bonds is 3. The second kappa shape index (κ2) is 7.22. The Bertz CT molecular complexity index is 884. The summed E-state index contributed by atoms with van der Waals surface area (Å²) in [7, 11) is 0. The number of hydrogen-bond donors (Lipinski definition) is 1. The van der Waals surface area contributed by atoms with Crippen molar-refractivity contribution >= 4 is 23.2 Å². The number of aromatic amines is 1. The summed E-state index contributed by atoms with van der Waals surface area (Å²) in [5, 5.41) is 7.82. The van der Waals surface area contributed by atoms with Crippen molar-refractivity contribution < 1.29 is 4.79 Å². The summed E-state index contributed by atoms with van der Waals surface area (Å²) < 4.78 is 0. The molecule has 4 rings (SSSR count). The van der Waals surface area contributed by atoms with E-state index in [2.05, 4.69) is 27.2 Å². The quantitative estimate of drug-likeness (QED) is 0.769. The zero-order valence-corrected chi connectivity index (χ0v) is 15.0. The van der Waals surface area contributed by atoms with Crippen LogP contribution in [0.15, 0.2) is 60.7 Å². The molecule has 2 heterocycles. The Morgan fingerprint density at radius 2 is 1.65 bits per heavy atom. The van der Waals surface area contributed by atoms with E-state index in [1.54, 1.807) is 6.07 Å². The number of amides is 1. The van der Waals surface area contributed by atoms with E-state index in [0.29, 0.717) is 23.8 Å². The molecular formula is C20H19ClN4O. The number of halogens is 1. The molecule has 0 aliphatic carbocycles. The number of nitrogens with zero attached hydrogens (tertiary/aromatic N) is 3. The summed E-state index contributed by atoms with van der Waals surface area (Å²) in [4.78, 5) is 16.9. The molecule has 1 aliphatic rings. The normalized spacial score (nSPS) is 14.5. The van der Waals surface area contributed by atoms with Gasteiger partial charge in [-0.3, -0.25) is 9.89 Å². The Kier molecular flexibility index (Phi) is 4.63. The molecule has 3 aromatic rings. The third-order valence-corrected chi connectivity index (χ3v) is 4.89. The number of hydrogen-bond acceptors (Lipinski definition) is 3. The van der Waals surface area contributed by atoms with Gasteiger partial charge in [0.25, 0.3) is 5.91 Å². The van der Waals surface area contributed by atoms with Crippen molar-refractivity contribution in [1.29, 1.82) is 0 Å². The molecular weight excluding hydrogens is 348 g/mol. The number of para-hydroxylation sites is 1. The fourth-order valence-corrected chi connectivity index (χ4v) is 3.30. The van der Waals surface area contributed by atoms with Crippen molar-refractivity contribution in [3.63, 3.8) is 0 Å². The van der Waals surface area contributed by atoms with Crippen molar-refractivity contribution in [3.05, 3.63) is 71.4 Å². The first-order valence-electron chi connectivity index (χ1n) is 8.61. The topological polar surface area (TPSA) is 52.2 Å². The first-order valence-corrected chi connectivity index (χ1v) is 8.99. The average Bonchev–Trinajstić information content (AvgIpc) is 3.19. The second-order valence-electron chi connectivity index (χ2n) is 6.29. The highest BCUT2D eigenvalue weighted by Crippen LogP contribution is 2.21. The fraction of sp³-hybridized carbons (Fsp3) is 0.200. The monoisotopic (exact) mass is 366 g/mol. The molecule has 1 N–H and O–H groups in total. The van der Waals surface area contributed by atoms with Gasteiger partial charge in [0.2, 0.25) is 0 Å². The third kappa shape index (κ3) is 3.44. The number of aromatic nitrogens is 2. The maximum atomic E-state index is 12.8. The standard InChI is InChI=1S/C20H19ClN4O/c21-16-8-6-15(7-9-16)18-14-19(23-22-18)20(26)25-12-10-24(11-13-25)17-4-2-1-3-5-17/h1-9,14H,10-13H2,(H,22,23). The minimum Gasteiger partial charge on any atom is -0.368 e. The molecule has 0 spiro atoms. The molecule has 2 aromatic carbocycles. The Morgan fingerprint density at radius 1 is 0.962 bits per heavy atom. The Balaban J connectivity index is 1.42. The maximum absolute atomic E-state index is 12.8. The van der Waals surface area contributed by atoms with Gasteiger partial charge in [0.15, 0.2) is 0 Å². The lowest BCUT2D eigenvalue weighted by atomic mass is 10.1. The maximum Gasteiger partial charge on any atom is 0.272 e. The van der Waals surface area contributed by atoms with E-state index >= 15 is 0 Å². The molecule has 6 heteroatoms. The van der Waals surface area contributed by atoms with E-state index in [0.717, 1.165) is 24.3 Å². The molecule has 0 atom stereocenters. The second-order valence-corrected chi connectivity index (χ2v) is 6.72. The van der Waals surface area contributed by atoms with Crippen LogP contribution in [0.5, 0.6) is 0 Å². The molecule has 0 saturated carbocycles. The van der Waals surface area contributed by atoms with Crippen molar-refractivity contribution in [2.75, 3.05) is 31.1 Å². The highest BCUT2D eigenvalue weighted by Gasteiger charge is 2.23. The van der Waals surface area contributed by atoms with Crippen LogP contribution in [-0.2, 0) is 0 Å². The number of carbonyl (C=O) groups excluding carboxylic acids is 1. The minimum absolute atomic E-state index is 0.00887. The molecule has 0 radical (unpaired) electrons. The molecule has 1 aromatic heterocycles. The van der Waals surface area contributed by atoms with Gasteiger partial charge in [0, 0.05) is 42.5 Å². The van der Waals surface area contributed by atoms with Crippen LogP contribution >= 0.6 is 11.6 Å². The molecule has 26 heavy (non-hydrogen) atoms. The molecule has 1 saturated heterocycles. The Morgan fingerprint density at radius 3 is 2.35 bits per heavy atom. The number of anilines is 1. The number of piperazine rings is 1. The predicted molar refractivity (Wildman–Crippen MR) is 104 cm³/mol. The third-order valence-electron chi connectivity index (χ3n) is 4.64. The van der Waals surface area contributed by atoms with Crippen molar-refractivity contribution in [3.8, 4) is 11.3 Å². The van der Waals surface area contributed by atoms with Gasteiger partial charge in [-0.05, 0) is 30.3 Å². The lowest BCUT2D eigenvalue weighted by molar-refractivity contribution is 0.0741. The first-order chi connectivity index (χ1) is 12.7. The van der Waals surface area contributed by atoms with Crippen LogP contribution in [0.1, 0.15) is 10.5 Å². The van der Waals surface area contributed by atoms with E-state index in [9.17, 15) is 4.79 Å². The lowest BCUT2D eigenvalue weighted by Crippen LogP contribution is -2.48. The smallest absolute Gasteiger partial charge is 0.272 e. The SMILES string of the molecule is O=C(c1cc(-c2ccc(Cl)cc2)n[nH]1)N1CCN(c2ccccc2)CC1. The van der Waals surface area contributed by atoms with Crippen LogP contribution in [-0.4, -0.2) is 47.2 Å². The van der Waals surface area contributed by atoms with Crippen LogP contribution in [0.2, 0.25) is 5.02 Å². The van der Waals surface area contributed by atoms with Gasteiger partial charge in [-0.1, -0.05) is 41.9 Å². The van der Waals surface area contributed by atoms with Crippen molar-refractivity contribution in [1.82, 2.24) is 15.1 Å². The zero-order valence-electron chi connectivity index (χ0n) is 14.2. The summed E-state index contributed by atoms with van der Waals surface area (Å²) in [6.45, 7) is 3.05. The van der Waals surface area contributed by atoms with Crippen LogP contribution in [0.25, 0.3) is 11.3 Å². The largest absolute Gasteiger partial charge is 0.368 e. The van der Waals surface area contributed by atoms with E-state index in [1.807, 2.05) is 47.4 Å². The van der Waals surface area contributed by atoms with Gasteiger partial charge >= 0.3 is 0 Å². The molecule has 1 amide bonds. The number of H-pyrrole nitrogens is 1. The van der Waals surface area contributed by atoms with E-state index in [1.165, 1.54) is 5.69 Å². The Hall–Kier alpha value is -2.79. The van der Waals surface area contributed by atoms with Gasteiger partial charge in [-0.15, -0.1) is 0 Å².